The molecule has 0 fully saturated rings. The smallest absolute Gasteiger partial charge is 0.328 e. The molecule has 0 bridgehead atoms. The average Bonchev–Trinajstić information content (AvgIpc) is 3.27. The van der Waals surface area contributed by atoms with Crippen molar-refractivity contribution in [2.45, 2.75) is 44.9 Å². The first kappa shape index (κ1) is 23.8. The zero-order valence-electron chi connectivity index (χ0n) is 19.1. The minimum atomic E-state index is -1.60. The number of rotatable bonds is 6. The second kappa shape index (κ2) is 9.10. The van der Waals surface area contributed by atoms with E-state index in [1.165, 1.54) is 26.3 Å². The molecule has 3 aromatic rings. The summed E-state index contributed by atoms with van der Waals surface area (Å²) in [6.45, 7) is 4.74. The number of fused-ring (bicyclic) bond motifs is 1. The molecule has 2 atom stereocenters. The highest BCUT2D eigenvalue weighted by atomic mass is 19.1. The van der Waals surface area contributed by atoms with Crippen molar-refractivity contribution in [3.8, 4) is 11.5 Å². The van der Waals surface area contributed by atoms with Gasteiger partial charge in [0.15, 0.2) is 0 Å². The molecule has 0 radical (unpaired) electrons. The van der Waals surface area contributed by atoms with Gasteiger partial charge in [-0.05, 0) is 74.2 Å². The van der Waals surface area contributed by atoms with E-state index in [1.54, 1.807) is 17.0 Å². The maximum Gasteiger partial charge on any atom is 0.328 e. The molecule has 1 aliphatic rings. The molecule has 0 saturated carbocycles. The molecule has 1 aliphatic heterocycles. The number of alkyl halides is 1. The molecule has 2 aromatic carbocycles. The molecule has 2 heterocycles. The van der Waals surface area contributed by atoms with Crippen LogP contribution in [0.5, 0.6) is 0 Å². The molecule has 0 saturated heterocycles. The molecule has 5 nitrogen and oxygen atoms in total. The van der Waals surface area contributed by atoms with Crippen LogP contribution in [0.15, 0.2) is 53.3 Å². The molecule has 0 amide bonds. The van der Waals surface area contributed by atoms with Gasteiger partial charge in [0.2, 0.25) is 5.89 Å². The molecule has 1 aromatic heterocycles. The monoisotopic (exact) mass is 470 g/mol. The Labute approximate surface area is 195 Å². The summed E-state index contributed by atoms with van der Waals surface area (Å²) in [5, 5.41) is 8.82. The summed E-state index contributed by atoms with van der Waals surface area (Å²) in [7, 11) is 0. The highest BCUT2D eigenvalue weighted by Gasteiger charge is 2.39. The van der Waals surface area contributed by atoms with Crippen LogP contribution in [-0.4, -0.2) is 39.2 Å². The van der Waals surface area contributed by atoms with Crippen molar-refractivity contribution in [1.82, 2.24) is 9.88 Å². The number of aromatic nitrogens is 1. The zero-order valence-corrected chi connectivity index (χ0v) is 19.1. The third-order valence-electron chi connectivity index (χ3n) is 5.88. The largest absolute Gasteiger partial charge is 0.478 e. The molecule has 1 N–H and O–H groups in total. The van der Waals surface area contributed by atoms with Crippen LogP contribution in [0, 0.1) is 11.6 Å². The number of oxazole rings is 1. The topological polar surface area (TPSA) is 66.6 Å². The van der Waals surface area contributed by atoms with Gasteiger partial charge in [-0.3, -0.25) is 4.90 Å². The lowest BCUT2D eigenvalue weighted by molar-refractivity contribution is -0.131. The fourth-order valence-corrected chi connectivity index (χ4v) is 4.55. The first-order chi connectivity index (χ1) is 16.0. The number of aliphatic carboxylic acids is 1. The van der Waals surface area contributed by atoms with Gasteiger partial charge in [0, 0.05) is 29.8 Å². The molecule has 2 unspecified atom stereocenters. The summed E-state index contributed by atoms with van der Waals surface area (Å²) in [5.41, 5.74) is 0.567. The van der Waals surface area contributed by atoms with Crippen LogP contribution in [0.25, 0.3) is 17.5 Å². The predicted octanol–water partition coefficient (Wildman–Crippen LogP) is 5.80. The lowest BCUT2D eigenvalue weighted by Gasteiger charge is -2.44. The van der Waals surface area contributed by atoms with Crippen molar-refractivity contribution in [3.05, 3.63) is 82.8 Å². The molecular weight excluding hydrogens is 445 g/mol. The van der Waals surface area contributed by atoms with E-state index in [-0.39, 0.29) is 23.7 Å². The summed E-state index contributed by atoms with van der Waals surface area (Å²) < 4.78 is 50.9. The molecule has 0 spiro atoms. The number of carboxylic acid groups (broad SMARTS) is 1. The van der Waals surface area contributed by atoms with Gasteiger partial charge in [0.25, 0.3) is 0 Å². The van der Waals surface area contributed by atoms with Gasteiger partial charge < -0.3 is 9.52 Å². The maximum absolute atomic E-state index is 15.4. The first-order valence-corrected chi connectivity index (χ1v) is 10.9. The Balaban J connectivity index is 1.86. The van der Waals surface area contributed by atoms with Crippen molar-refractivity contribution in [1.29, 1.82) is 0 Å². The van der Waals surface area contributed by atoms with Gasteiger partial charge in [-0.2, -0.15) is 0 Å². The van der Waals surface area contributed by atoms with E-state index in [0.29, 0.717) is 17.9 Å². The van der Waals surface area contributed by atoms with Gasteiger partial charge >= 0.3 is 5.97 Å². The Kier molecular flexibility index (Phi) is 6.36. The summed E-state index contributed by atoms with van der Waals surface area (Å²) in [6.07, 6.45) is 5.50. The van der Waals surface area contributed by atoms with E-state index in [9.17, 15) is 9.18 Å². The highest BCUT2D eigenvalue weighted by molar-refractivity contribution is 5.85. The molecule has 4 rings (SSSR count). The predicted molar refractivity (Wildman–Crippen MR) is 122 cm³/mol. The standard InChI is InChI=1S/C26H25F3N2O3/c1-15-10-18-13-17(25-30-8-9-34-25)5-6-19(18)24(31(15)14-26(2,3)29)23-20(27)11-16(12-21(23)28)4-7-22(32)33/h4-9,11-13,15,24H,10,14H2,1-3H3,(H,32,33)/b7-4+. The van der Waals surface area contributed by atoms with Crippen molar-refractivity contribution >= 4 is 12.0 Å². The summed E-state index contributed by atoms with van der Waals surface area (Å²) >= 11 is 0. The fraction of sp³-hybridized carbons (Fsp3) is 0.308. The van der Waals surface area contributed by atoms with Crippen molar-refractivity contribution in [3.63, 3.8) is 0 Å². The van der Waals surface area contributed by atoms with Crippen LogP contribution in [-0.2, 0) is 11.2 Å². The number of benzene rings is 2. The summed E-state index contributed by atoms with van der Waals surface area (Å²) in [5.74, 6) is -2.44. The van der Waals surface area contributed by atoms with Crippen molar-refractivity contribution < 1.29 is 27.5 Å². The highest BCUT2D eigenvalue weighted by Crippen LogP contribution is 2.42. The van der Waals surface area contributed by atoms with Crippen LogP contribution in [0.1, 0.15) is 49.1 Å². The lowest BCUT2D eigenvalue weighted by atomic mass is 9.83. The number of carboxylic acids is 1. The Morgan fingerprint density at radius 3 is 2.56 bits per heavy atom. The third-order valence-corrected chi connectivity index (χ3v) is 5.88. The van der Waals surface area contributed by atoms with Crippen molar-refractivity contribution in [2.75, 3.05) is 6.54 Å². The van der Waals surface area contributed by atoms with Crippen LogP contribution in [0.3, 0.4) is 0 Å². The van der Waals surface area contributed by atoms with E-state index < -0.39 is 29.3 Å². The average molecular weight is 470 g/mol. The van der Waals surface area contributed by atoms with E-state index in [2.05, 4.69) is 4.98 Å². The number of nitrogens with zero attached hydrogens (tertiary/aromatic N) is 2. The number of hydrogen-bond donors (Lipinski definition) is 1. The lowest BCUT2D eigenvalue weighted by Crippen LogP contribution is -2.48. The zero-order chi connectivity index (χ0) is 24.6. The molecule has 0 aliphatic carbocycles. The maximum atomic E-state index is 15.4. The Bertz CT molecular complexity index is 1210. The second-order valence-corrected chi connectivity index (χ2v) is 9.17. The summed E-state index contributed by atoms with van der Waals surface area (Å²) in [4.78, 5) is 16.7. The van der Waals surface area contributed by atoms with Gasteiger partial charge in [-0.1, -0.05) is 6.07 Å². The first-order valence-electron chi connectivity index (χ1n) is 10.9. The van der Waals surface area contributed by atoms with E-state index in [1.807, 2.05) is 13.0 Å². The fourth-order valence-electron chi connectivity index (χ4n) is 4.55. The summed E-state index contributed by atoms with van der Waals surface area (Å²) in [6, 6.07) is 6.55. The van der Waals surface area contributed by atoms with Crippen LogP contribution >= 0.6 is 0 Å². The second-order valence-electron chi connectivity index (χ2n) is 9.17. The number of hydrogen-bond acceptors (Lipinski definition) is 4. The van der Waals surface area contributed by atoms with Gasteiger partial charge in [0.05, 0.1) is 12.2 Å². The van der Waals surface area contributed by atoms with E-state index in [4.69, 9.17) is 9.52 Å². The Hall–Kier alpha value is -3.39. The molecule has 34 heavy (non-hydrogen) atoms. The normalized spacial score (nSPS) is 18.9. The Morgan fingerprint density at radius 1 is 1.26 bits per heavy atom. The van der Waals surface area contributed by atoms with E-state index in [0.717, 1.165) is 35.4 Å². The molecule has 8 heteroatoms. The number of carbonyl (C=O) groups is 1. The van der Waals surface area contributed by atoms with Gasteiger partial charge in [0.1, 0.15) is 23.6 Å². The third kappa shape index (κ3) is 4.92. The minimum absolute atomic E-state index is 0.0285. The van der Waals surface area contributed by atoms with Gasteiger partial charge in [-0.15, -0.1) is 0 Å². The van der Waals surface area contributed by atoms with Crippen LogP contribution in [0.2, 0.25) is 0 Å². The Morgan fingerprint density at radius 2 is 1.97 bits per heavy atom. The molecular formula is C26H25F3N2O3. The van der Waals surface area contributed by atoms with Crippen molar-refractivity contribution in [2.24, 2.45) is 0 Å². The van der Waals surface area contributed by atoms with E-state index >= 15 is 8.78 Å². The number of halogens is 3. The van der Waals surface area contributed by atoms with Crippen LogP contribution < -0.4 is 0 Å². The quantitative estimate of drug-likeness (QED) is 0.461. The molecule has 178 valence electrons. The van der Waals surface area contributed by atoms with Crippen LogP contribution in [0.4, 0.5) is 13.2 Å². The van der Waals surface area contributed by atoms with Gasteiger partial charge in [-0.25, -0.2) is 22.9 Å². The SMILES string of the molecule is CC1Cc2cc(-c3ncco3)ccc2C(c2c(F)cc(/C=C/C(=O)O)cc2F)N1CC(C)(C)F. The minimum Gasteiger partial charge on any atom is -0.478 e.